The van der Waals surface area contributed by atoms with Crippen LogP contribution in [0.1, 0.15) is 27.2 Å². The summed E-state index contributed by atoms with van der Waals surface area (Å²) in [6, 6.07) is 12.5. The van der Waals surface area contributed by atoms with E-state index in [-0.39, 0.29) is 18.1 Å². The molecule has 1 aromatic carbocycles. The molecule has 5 heteroatoms. The van der Waals surface area contributed by atoms with Gasteiger partial charge in [-0.05, 0) is 50.6 Å². The van der Waals surface area contributed by atoms with Crippen molar-refractivity contribution in [2.24, 2.45) is 0 Å². The lowest BCUT2D eigenvalue weighted by atomic mass is 10.0. The predicted molar refractivity (Wildman–Crippen MR) is 88.8 cm³/mol. The molecule has 0 aliphatic carbocycles. The highest BCUT2D eigenvalue weighted by Gasteiger charge is 2.17. The Morgan fingerprint density at radius 3 is 2.43 bits per heavy atom. The summed E-state index contributed by atoms with van der Waals surface area (Å²) in [6.45, 7) is 5.98. The summed E-state index contributed by atoms with van der Waals surface area (Å²) in [7, 11) is 0. The fourth-order valence-corrected chi connectivity index (χ4v) is 1.78. The Bertz CT molecular complexity index is 624. The van der Waals surface area contributed by atoms with E-state index in [9.17, 15) is 4.79 Å². The average Bonchev–Trinajstić information content (AvgIpc) is 2.55. The summed E-state index contributed by atoms with van der Waals surface area (Å²) >= 11 is 0. The first-order valence-electron chi connectivity index (χ1n) is 7.61. The van der Waals surface area contributed by atoms with Gasteiger partial charge in [0.25, 0.3) is 5.91 Å². The molecule has 0 aliphatic heterocycles. The van der Waals surface area contributed by atoms with Gasteiger partial charge in [0.05, 0.1) is 0 Å². The molecule has 0 saturated carbocycles. The molecular weight excluding hydrogens is 292 g/mol. The monoisotopic (exact) mass is 314 g/mol. The van der Waals surface area contributed by atoms with E-state index in [0.29, 0.717) is 17.4 Å². The lowest BCUT2D eigenvalue weighted by molar-refractivity contribution is -0.124. The second kappa shape index (κ2) is 7.63. The second-order valence-electron chi connectivity index (χ2n) is 5.82. The summed E-state index contributed by atoms with van der Waals surface area (Å²) in [6.07, 6.45) is 2.53. The van der Waals surface area contributed by atoms with E-state index in [0.717, 1.165) is 6.42 Å². The molecule has 0 bridgehead atoms. The molecule has 0 spiro atoms. The fraction of sp³-hybridized carbons (Fsp3) is 0.333. The number of carbonyl (C=O) groups excluding carboxylic acids is 1. The van der Waals surface area contributed by atoms with Gasteiger partial charge in [-0.3, -0.25) is 4.79 Å². The van der Waals surface area contributed by atoms with Crippen molar-refractivity contribution < 1.29 is 14.3 Å². The van der Waals surface area contributed by atoms with Crippen LogP contribution in [0.3, 0.4) is 0 Å². The molecule has 122 valence electrons. The molecule has 2 aromatic rings. The number of hydrogen-bond donors (Lipinski definition) is 1. The Balaban J connectivity index is 1.84. The van der Waals surface area contributed by atoms with Crippen molar-refractivity contribution in [1.29, 1.82) is 0 Å². The highest BCUT2D eigenvalue weighted by Crippen LogP contribution is 2.22. The number of ether oxygens (including phenoxy) is 2. The van der Waals surface area contributed by atoms with Crippen molar-refractivity contribution in [3.05, 3.63) is 48.7 Å². The van der Waals surface area contributed by atoms with Crippen LogP contribution in [0.15, 0.2) is 48.7 Å². The van der Waals surface area contributed by atoms with Crippen LogP contribution in [-0.2, 0) is 4.79 Å². The number of rotatable bonds is 7. The van der Waals surface area contributed by atoms with Crippen molar-refractivity contribution in [1.82, 2.24) is 10.3 Å². The van der Waals surface area contributed by atoms with E-state index in [1.54, 1.807) is 36.5 Å². The third-order valence-corrected chi connectivity index (χ3v) is 3.42. The number of hydrogen-bond acceptors (Lipinski definition) is 4. The highest BCUT2D eigenvalue weighted by atomic mass is 16.5. The van der Waals surface area contributed by atoms with Crippen LogP contribution in [-0.4, -0.2) is 23.0 Å². The molecule has 0 atom stereocenters. The van der Waals surface area contributed by atoms with Gasteiger partial charge in [-0.15, -0.1) is 0 Å². The summed E-state index contributed by atoms with van der Waals surface area (Å²) in [5.74, 6) is 1.67. The van der Waals surface area contributed by atoms with Crippen LogP contribution < -0.4 is 14.8 Å². The first kappa shape index (κ1) is 16.8. The van der Waals surface area contributed by atoms with Crippen molar-refractivity contribution >= 4 is 5.91 Å². The van der Waals surface area contributed by atoms with Crippen LogP contribution in [0, 0.1) is 0 Å². The molecule has 0 unspecified atom stereocenters. The first-order valence-corrected chi connectivity index (χ1v) is 7.61. The van der Waals surface area contributed by atoms with Crippen molar-refractivity contribution in [2.45, 2.75) is 32.7 Å². The second-order valence-corrected chi connectivity index (χ2v) is 5.82. The van der Waals surface area contributed by atoms with Gasteiger partial charge in [0.15, 0.2) is 6.61 Å². The number of aromatic nitrogens is 1. The number of carbonyl (C=O) groups is 1. The maximum Gasteiger partial charge on any atom is 0.258 e. The van der Waals surface area contributed by atoms with Gasteiger partial charge in [0.1, 0.15) is 11.5 Å². The van der Waals surface area contributed by atoms with Crippen molar-refractivity contribution in [3.8, 4) is 17.4 Å². The van der Waals surface area contributed by atoms with Gasteiger partial charge in [0, 0.05) is 17.8 Å². The SMILES string of the molecule is CCC(C)(C)NC(=O)COc1ccc(Oc2ccccn2)cc1. The Hall–Kier alpha value is -2.56. The Kier molecular flexibility index (Phi) is 5.57. The Morgan fingerprint density at radius 2 is 1.83 bits per heavy atom. The fourth-order valence-electron chi connectivity index (χ4n) is 1.78. The zero-order chi connectivity index (χ0) is 16.7. The van der Waals surface area contributed by atoms with Crippen molar-refractivity contribution in [2.75, 3.05) is 6.61 Å². The van der Waals surface area contributed by atoms with Gasteiger partial charge >= 0.3 is 0 Å². The first-order chi connectivity index (χ1) is 11.0. The molecule has 1 N–H and O–H groups in total. The molecule has 0 saturated heterocycles. The van der Waals surface area contributed by atoms with E-state index < -0.39 is 0 Å². The van der Waals surface area contributed by atoms with Crippen molar-refractivity contribution in [3.63, 3.8) is 0 Å². The standard InChI is InChI=1S/C18H22N2O3/c1-4-18(2,3)20-16(21)13-22-14-8-10-15(11-9-14)23-17-7-5-6-12-19-17/h5-12H,4,13H2,1-3H3,(H,20,21). The number of amides is 1. The maximum atomic E-state index is 11.8. The largest absolute Gasteiger partial charge is 0.484 e. The minimum Gasteiger partial charge on any atom is -0.484 e. The van der Waals surface area contributed by atoms with Crippen LogP contribution in [0.2, 0.25) is 0 Å². The van der Waals surface area contributed by atoms with Gasteiger partial charge < -0.3 is 14.8 Å². The van der Waals surface area contributed by atoms with E-state index in [1.807, 2.05) is 32.9 Å². The highest BCUT2D eigenvalue weighted by molar-refractivity contribution is 5.78. The Labute approximate surface area is 136 Å². The molecule has 5 nitrogen and oxygen atoms in total. The van der Waals surface area contributed by atoms with Gasteiger partial charge in [0.2, 0.25) is 5.88 Å². The van der Waals surface area contributed by atoms with E-state index in [1.165, 1.54) is 0 Å². The van der Waals surface area contributed by atoms with E-state index >= 15 is 0 Å². The topological polar surface area (TPSA) is 60.5 Å². The summed E-state index contributed by atoms with van der Waals surface area (Å²) in [5, 5.41) is 2.92. The maximum absolute atomic E-state index is 11.8. The lowest BCUT2D eigenvalue weighted by Crippen LogP contribution is -2.44. The molecule has 0 fully saturated rings. The summed E-state index contributed by atoms with van der Waals surface area (Å²) in [5.41, 5.74) is -0.221. The Morgan fingerprint density at radius 1 is 1.13 bits per heavy atom. The lowest BCUT2D eigenvalue weighted by Gasteiger charge is -2.24. The molecule has 0 aliphatic rings. The summed E-state index contributed by atoms with van der Waals surface area (Å²) in [4.78, 5) is 15.9. The van der Waals surface area contributed by atoms with Gasteiger partial charge in [-0.1, -0.05) is 13.0 Å². The summed E-state index contributed by atoms with van der Waals surface area (Å²) < 4.78 is 11.1. The van der Waals surface area contributed by atoms with Crippen LogP contribution >= 0.6 is 0 Å². The van der Waals surface area contributed by atoms with E-state index in [2.05, 4.69) is 10.3 Å². The van der Waals surface area contributed by atoms with Gasteiger partial charge in [-0.25, -0.2) is 4.98 Å². The number of nitrogens with one attached hydrogen (secondary N) is 1. The molecule has 23 heavy (non-hydrogen) atoms. The quantitative estimate of drug-likeness (QED) is 0.849. The van der Waals surface area contributed by atoms with Crippen LogP contribution in [0.5, 0.6) is 17.4 Å². The third-order valence-electron chi connectivity index (χ3n) is 3.42. The van der Waals surface area contributed by atoms with Crippen LogP contribution in [0.25, 0.3) is 0 Å². The smallest absolute Gasteiger partial charge is 0.258 e. The minimum absolute atomic E-state index is 0.0100. The predicted octanol–water partition coefficient (Wildman–Crippen LogP) is 3.56. The van der Waals surface area contributed by atoms with Crippen LogP contribution in [0.4, 0.5) is 0 Å². The van der Waals surface area contributed by atoms with E-state index in [4.69, 9.17) is 9.47 Å². The zero-order valence-electron chi connectivity index (χ0n) is 13.7. The number of nitrogens with zero attached hydrogens (tertiary/aromatic N) is 1. The molecule has 0 radical (unpaired) electrons. The molecule has 1 aromatic heterocycles. The number of pyridine rings is 1. The minimum atomic E-state index is -0.221. The normalized spacial score (nSPS) is 10.9. The third kappa shape index (κ3) is 5.62. The molecule has 1 amide bonds. The van der Waals surface area contributed by atoms with Gasteiger partial charge in [-0.2, -0.15) is 0 Å². The molecule has 2 rings (SSSR count). The molecular formula is C18H22N2O3. The molecule has 1 heterocycles. The zero-order valence-corrected chi connectivity index (χ0v) is 13.7. The average molecular weight is 314 g/mol. The number of benzene rings is 1.